The Morgan fingerprint density at radius 3 is 2.71 bits per heavy atom. The lowest BCUT2D eigenvalue weighted by Gasteiger charge is -2.22. The molecule has 1 aliphatic rings. The largest absolute Gasteiger partial charge is 0.450 e. The third-order valence-electron chi connectivity index (χ3n) is 5.19. The molecule has 0 saturated heterocycles. The number of nitrogens with zero attached hydrogens (tertiary/aromatic N) is 3. The number of hydrogen-bond donors (Lipinski definition) is 0. The van der Waals surface area contributed by atoms with Crippen molar-refractivity contribution in [3.63, 3.8) is 0 Å². The maximum atomic E-state index is 13.5. The number of para-hydroxylation sites is 1. The van der Waals surface area contributed by atoms with Crippen LogP contribution in [0.2, 0.25) is 5.02 Å². The predicted octanol–water partition coefficient (Wildman–Crippen LogP) is 5.25. The number of benzene rings is 2. The lowest BCUT2D eigenvalue weighted by molar-refractivity contribution is 0.0970. The van der Waals surface area contributed by atoms with Crippen molar-refractivity contribution in [1.82, 2.24) is 10.2 Å². The van der Waals surface area contributed by atoms with Crippen molar-refractivity contribution in [1.29, 1.82) is 0 Å². The fraction of sp³-hybridized carbons (Fsp3) is 0.217. The topological polar surface area (TPSA) is 76.3 Å². The standard InChI is InChI=1S/C23H18ClN3O3S/c1-12(2)10-17-25-26-23(31-17)27-19(13-6-5-7-14(24)11-13)18-20(28)15-8-3-4-9-16(15)30-21(18)22(27)29/h3-9,11-12,19H,10H2,1-2H3. The minimum absolute atomic E-state index is 0.0364. The first-order chi connectivity index (χ1) is 14.9. The Morgan fingerprint density at radius 1 is 1.13 bits per heavy atom. The molecule has 1 aliphatic heterocycles. The number of carbonyl (C=O) groups excluding carboxylic acids is 1. The van der Waals surface area contributed by atoms with Crippen molar-refractivity contribution in [3.05, 3.63) is 85.7 Å². The van der Waals surface area contributed by atoms with Crippen LogP contribution in [0.25, 0.3) is 11.0 Å². The molecule has 5 rings (SSSR count). The maximum Gasteiger partial charge on any atom is 0.297 e. The summed E-state index contributed by atoms with van der Waals surface area (Å²) in [5.74, 6) is 0.0360. The summed E-state index contributed by atoms with van der Waals surface area (Å²) in [5.41, 5.74) is 1.16. The van der Waals surface area contributed by atoms with Gasteiger partial charge < -0.3 is 4.42 Å². The van der Waals surface area contributed by atoms with Gasteiger partial charge in [0, 0.05) is 11.4 Å². The van der Waals surface area contributed by atoms with Gasteiger partial charge in [-0.2, -0.15) is 0 Å². The van der Waals surface area contributed by atoms with E-state index in [1.807, 2.05) is 6.07 Å². The summed E-state index contributed by atoms with van der Waals surface area (Å²) in [6.07, 6.45) is 0.759. The molecule has 0 saturated carbocycles. The van der Waals surface area contributed by atoms with E-state index in [1.165, 1.54) is 16.2 Å². The smallest absolute Gasteiger partial charge is 0.297 e. The first kappa shape index (κ1) is 19.9. The van der Waals surface area contributed by atoms with Crippen LogP contribution in [0.5, 0.6) is 0 Å². The Morgan fingerprint density at radius 2 is 1.94 bits per heavy atom. The van der Waals surface area contributed by atoms with E-state index in [-0.39, 0.29) is 11.2 Å². The van der Waals surface area contributed by atoms with Gasteiger partial charge in [-0.3, -0.25) is 14.5 Å². The van der Waals surface area contributed by atoms with Gasteiger partial charge in [0.15, 0.2) is 5.43 Å². The fourth-order valence-electron chi connectivity index (χ4n) is 3.88. The van der Waals surface area contributed by atoms with Gasteiger partial charge in [-0.25, -0.2) is 0 Å². The molecular formula is C23H18ClN3O3S. The Labute approximate surface area is 187 Å². The van der Waals surface area contributed by atoms with Crippen LogP contribution in [-0.4, -0.2) is 16.1 Å². The minimum Gasteiger partial charge on any atom is -0.450 e. The molecule has 2 aromatic carbocycles. The second-order valence-corrected chi connectivity index (χ2v) is 9.36. The van der Waals surface area contributed by atoms with Crippen molar-refractivity contribution < 1.29 is 9.21 Å². The van der Waals surface area contributed by atoms with E-state index in [2.05, 4.69) is 24.0 Å². The van der Waals surface area contributed by atoms with Crippen molar-refractivity contribution in [2.24, 2.45) is 5.92 Å². The Bertz CT molecular complexity index is 1380. The summed E-state index contributed by atoms with van der Waals surface area (Å²) in [6.45, 7) is 4.20. The van der Waals surface area contributed by atoms with Crippen LogP contribution in [0.3, 0.4) is 0 Å². The minimum atomic E-state index is -0.693. The van der Waals surface area contributed by atoms with Crippen molar-refractivity contribution >= 4 is 44.9 Å². The molecule has 0 spiro atoms. The highest BCUT2D eigenvalue weighted by atomic mass is 35.5. The van der Waals surface area contributed by atoms with Crippen LogP contribution < -0.4 is 10.3 Å². The molecule has 8 heteroatoms. The normalized spacial score (nSPS) is 15.8. The van der Waals surface area contributed by atoms with Gasteiger partial charge in [-0.1, -0.05) is 61.1 Å². The molecular weight excluding hydrogens is 434 g/mol. The summed E-state index contributed by atoms with van der Waals surface area (Å²) in [4.78, 5) is 28.5. The van der Waals surface area contributed by atoms with Gasteiger partial charge in [0.1, 0.15) is 10.6 Å². The van der Waals surface area contributed by atoms with Crippen LogP contribution >= 0.6 is 22.9 Å². The number of hydrogen-bond acceptors (Lipinski definition) is 6. The van der Waals surface area contributed by atoms with E-state index in [0.717, 1.165) is 11.4 Å². The number of halogens is 1. The molecule has 3 heterocycles. The SMILES string of the molecule is CC(C)Cc1nnc(N2C(=O)c3oc4ccccc4c(=O)c3C2c2cccc(Cl)c2)s1. The van der Waals surface area contributed by atoms with Gasteiger partial charge in [-0.15, -0.1) is 10.2 Å². The monoisotopic (exact) mass is 451 g/mol. The average molecular weight is 452 g/mol. The zero-order chi connectivity index (χ0) is 21.7. The van der Waals surface area contributed by atoms with Gasteiger partial charge >= 0.3 is 0 Å². The Hall–Kier alpha value is -3.03. The fourth-order valence-corrected chi connectivity index (χ4v) is 5.16. The van der Waals surface area contributed by atoms with Crippen LogP contribution in [0.15, 0.2) is 57.7 Å². The molecule has 0 radical (unpaired) electrons. The molecule has 1 unspecified atom stereocenters. The van der Waals surface area contributed by atoms with Gasteiger partial charge in [-0.05, 0) is 35.7 Å². The molecule has 2 aromatic heterocycles. The molecule has 4 aromatic rings. The third-order valence-corrected chi connectivity index (χ3v) is 6.37. The number of carbonyl (C=O) groups is 1. The summed E-state index contributed by atoms with van der Waals surface area (Å²) < 4.78 is 5.93. The van der Waals surface area contributed by atoms with Crippen molar-refractivity contribution in [2.75, 3.05) is 4.90 Å². The first-order valence-corrected chi connectivity index (χ1v) is 11.1. The Kier molecular flexibility index (Phi) is 4.87. The molecule has 1 amide bonds. The number of amides is 1. The van der Waals surface area contributed by atoms with Gasteiger partial charge in [0.05, 0.1) is 17.0 Å². The quantitative estimate of drug-likeness (QED) is 0.423. The zero-order valence-electron chi connectivity index (χ0n) is 16.8. The number of rotatable bonds is 4. The van der Waals surface area contributed by atoms with Crippen LogP contribution in [0, 0.1) is 5.92 Å². The van der Waals surface area contributed by atoms with Crippen LogP contribution in [-0.2, 0) is 6.42 Å². The average Bonchev–Trinajstić information content (AvgIpc) is 3.30. The number of fused-ring (bicyclic) bond motifs is 2. The van der Waals surface area contributed by atoms with E-state index in [1.54, 1.807) is 42.5 Å². The van der Waals surface area contributed by atoms with E-state index >= 15 is 0 Å². The molecule has 0 bridgehead atoms. The summed E-state index contributed by atoms with van der Waals surface area (Å²) in [7, 11) is 0. The molecule has 31 heavy (non-hydrogen) atoms. The highest BCUT2D eigenvalue weighted by molar-refractivity contribution is 7.15. The Balaban J connectivity index is 1.74. The molecule has 0 aliphatic carbocycles. The van der Waals surface area contributed by atoms with Gasteiger partial charge in [0.2, 0.25) is 10.9 Å². The lowest BCUT2D eigenvalue weighted by atomic mass is 9.99. The second-order valence-electron chi connectivity index (χ2n) is 7.88. The molecule has 6 nitrogen and oxygen atoms in total. The molecule has 156 valence electrons. The third kappa shape index (κ3) is 3.34. The van der Waals surface area contributed by atoms with Crippen molar-refractivity contribution in [2.45, 2.75) is 26.3 Å². The predicted molar refractivity (Wildman–Crippen MR) is 121 cm³/mol. The molecule has 0 fully saturated rings. The van der Waals surface area contributed by atoms with Crippen LogP contribution in [0.4, 0.5) is 5.13 Å². The van der Waals surface area contributed by atoms with E-state index < -0.39 is 11.9 Å². The highest BCUT2D eigenvalue weighted by Crippen LogP contribution is 2.42. The molecule has 1 atom stereocenters. The maximum absolute atomic E-state index is 13.5. The zero-order valence-corrected chi connectivity index (χ0v) is 18.4. The number of aromatic nitrogens is 2. The highest BCUT2D eigenvalue weighted by Gasteiger charge is 2.45. The number of anilines is 1. The first-order valence-electron chi connectivity index (χ1n) is 9.91. The van der Waals surface area contributed by atoms with Crippen LogP contribution in [0.1, 0.15) is 46.6 Å². The van der Waals surface area contributed by atoms with E-state index in [9.17, 15) is 9.59 Å². The lowest BCUT2D eigenvalue weighted by Crippen LogP contribution is -2.29. The van der Waals surface area contributed by atoms with Gasteiger partial charge in [0.25, 0.3) is 5.91 Å². The van der Waals surface area contributed by atoms with Crippen molar-refractivity contribution in [3.8, 4) is 0 Å². The van der Waals surface area contributed by atoms with E-state index in [0.29, 0.717) is 38.2 Å². The summed E-state index contributed by atoms with van der Waals surface area (Å²) in [6, 6.07) is 13.4. The summed E-state index contributed by atoms with van der Waals surface area (Å²) in [5, 5.41) is 10.8. The summed E-state index contributed by atoms with van der Waals surface area (Å²) >= 11 is 7.60. The second kappa shape index (κ2) is 7.59. The van der Waals surface area contributed by atoms with E-state index in [4.69, 9.17) is 16.0 Å². The molecule has 0 N–H and O–H groups in total.